The first-order valence-corrected chi connectivity index (χ1v) is 5.49. The smallest absolute Gasteiger partial charge is 0.419 e. The van der Waals surface area contributed by atoms with Crippen LogP contribution in [0.2, 0.25) is 0 Å². The van der Waals surface area contributed by atoms with Crippen LogP contribution in [0.1, 0.15) is 51.9 Å². The van der Waals surface area contributed by atoms with Crippen LogP contribution in [0.5, 0.6) is 0 Å². The Balaban J connectivity index is 2.88. The lowest BCUT2D eigenvalue weighted by Crippen LogP contribution is -2.36. The molecule has 3 N–H and O–H groups in total. The van der Waals surface area contributed by atoms with Gasteiger partial charge in [-0.05, 0) is 6.42 Å². The SMILES string of the molecule is CCCCCCCCCNNC(=O)O. The summed E-state index contributed by atoms with van der Waals surface area (Å²) < 4.78 is 0. The highest BCUT2D eigenvalue weighted by molar-refractivity contribution is 5.63. The first kappa shape index (κ1) is 13.2. The second-order valence-electron chi connectivity index (χ2n) is 3.48. The fraction of sp³-hybridized carbons (Fsp3) is 0.900. The number of hydrogen-bond acceptors (Lipinski definition) is 2. The largest absolute Gasteiger partial charge is 0.464 e. The zero-order chi connectivity index (χ0) is 10.6. The summed E-state index contributed by atoms with van der Waals surface area (Å²) in [7, 11) is 0. The first-order chi connectivity index (χ1) is 6.77. The average Bonchev–Trinajstić information content (AvgIpc) is 2.15. The Kier molecular flexibility index (Phi) is 9.74. The molecule has 0 aromatic rings. The van der Waals surface area contributed by atoms with Gasteiger partial charge in [0.15, 0.2) is 0 Å². The van der Waals surface area contributed by atoms with Gasteiger partial charge in [-0.25, -0.2) is 10.2 Å². The molecule has 0 aliphatic rings. The van der Waals surface area contributed by atoms with Gasteiger partial charge in [0.05, 0.1) is 0 Å². The van der Waals surface area contributed by atoms with Crippen molar-refractivity contribution < 1.29 is 9.90 Å². The van der Waals surface area contributed by atoms with Gasteiger partial charge in [0, 0.05) is 6.54 Å². The molecule has 0 aromatic heterocycles. The molecule has 4 nitrogen and oxygen atoms in total. The molecule has 1 amide bonds. The Labute approximate surface area is 86.0 Å². The summed E-state index contributed by atoms with van der Waals surface area (Å²) >= 11 is 0. The van der Waals surface area contributed by atoms with E-state index in [0.29, 0.717) is 0 Å². The summed E-state index contributed by atoms with van der Waals surface area (Å²) in [5.74, 6) is 0. The minimum Gasteiger partial charge on any atom is -0.464 e. The molecule has 0 unspecified atom stereocenters. The van der Waals surface area contributed by atoms with Crippen LogP contribution in [-0.4, -0.2) is 17.7 Å². The van der Waals surface area contributed by atoms with Crippen molar-refractivity contribution in [3.63, 3.8) is 0 Å². The van der Waals surface area contributed by atoms with Crippen molar-refractivity contribution in [3.8, 4) is 0 Å². The number of carboxylic acid groups (broad SMARTS) is 1. The van der Waals surface area contributed by atoms with Crippen molar-refractivity contribution in [2.24, 2.45) is 0 Å². The Bertz CT molecular complexity index is 140. The number of carbonyl (C=O) groups is 1. The number of unbranched alkanes of at least 4 members (excludes halogenated alkanes) is 6. The van der Waals surface area contributed by atoms with Gasteiger partial charge in [-0.15, -0.1) is 0 Å². The topological polar surface area (TPSA) is 61.4 Å². The van der Waals surface area contributed by atoms with Crippen LogP contribution >= 0.6 is 0 Å². The van der Waals surface area contributed by atoms with Gasteiger partial charge in [-0.1, -0.05) is 45.4 Å². The van der Waals surface area contributed by atoms with Gasteiger partial charge < -0.3 is 5.11 Å². The van der Waals surface area contributed by atoms with E-state index in [-0.39, 0.29) is 0 Å². The Morgan fingerprint density at radius 1 is 1.07 bits per heavy atom. The van der Waals surface area contributed by atoms with Crippen LogP contribution in [0.15, 0.2) is 0 Å². The van der Waals surface area contributed by atoms with E-state index in [1.165, 1.54) is 38.5 Å². The summed E-state index contributed by atoms with van der Waals surface area (Å²) in [5, 5.41) is 8.24. The monoisotopic (exact) mass is 202 g/mol. The zero-order valence-electron chi connectivity index (χ0n) is 9.01. The normalized spacial score (nSPS) is 10.1. The molecule has 0 bridgehead atoms. The number of amides is 1. The summed E-state index contributed by atoms with van der Waals surface area (Å²) in [5.41, 5.74) is 4.76. The molecule has 0 atom stereocenters. The molecule has 0 radical (unpaired) electrons. The maximum Gasteiger partial charge on any atom is 0.419 e. The van der Waals surface area contributed by atoms with Crippen molar-refractivity contribution >= 4 is 6.09 Å². The van der Waals surface area contributed by atoms with Crippen molar-refractivity contribution in [2.45, 2.75) is 51.9 Å². The molecule has 4 heteroatoms. The first-order valence-electron chi connectivity index (χ1n) is 5.49. The van der Waals surface area contributed by atoms with E-state index in [2.05, 4.69) is 17.8 Å². The molecule has 14 heavy (non-hydrogen) atoms. The van der Waals surface area contributed by atoms with Gasteiger partial charge in [0.2, 0.25) is 0 Å². The van der Waals surface area contributed by atoms with Crippen LogP contribution in [0.3, 0.4) is 0 Å². The third-order valence-electron chi connectivity index (χ3n) is 2.10. The van der Waals surface area contributed by atoms with Crippen LogP contribution in [0.4, 0.5) is 4.79 Å². The summed E-state index contributed by atoms with van der Waals surface area (Å²) in [6, 6.07) is 0. The van der Waals surface area contributed by atoms with Gasteiger partial charge in [-0.3, -0.25) is 5.43 Å². The molecule has 0 saturated carbocycles. The highest BCUT2D eigenvalue weighted by Crippen LogP contribution is 2.05. The molecule has 0 heterocycles. The second kappa shape index (κ2) is 10.3. The third-order valence-corrected chi connectivity index (χ3v) is 2.10. The summed E-state index contributed by atoms with van der Waals surface area (Å²) in [4.78, 5) is 10.0. The maximum atomic E-state index is 10.0. The third kappa shape index (κ3) is 11.2. The fourth-order valence-corrected chi connectivity index (χ4v) is 1.31. The lowest BCUT2D eigenvalue weighted by molar-refractivity contribution is 0.189. The molecule has 0 spiro atoms. The Hall–Kier alpha value is -0.770. The minimum absolute atomic E-state index is 0.722. The van der Waals surface area contributed by atoms with E-state index >= 15 is 0 Å². The van der Waals surface area contributed by atoms with Gasteiger partial charge in [-0.2, -0.15) is 0 Å². The molecular formula is C10H22N2O2. The quantitative estimate of drug-likeness (QED) is 0.397. The number of rotatable bonds is 9. The van der Waals surface area contributed by atoms with Gasteiger partial charge in [0.25, 0.3) is 0 Å². The van der Waals surface area contributed by atoms with Crippen LogP contribution < -0.4 is 10.9 Å². The van der Waals surface area contributed by atoms with Gasteiger partial charge >= 0.3 is 6.09 Å². The van der Waals surface area contributed by atoms with Crippen LogP contribution in [0.25, 0.3) is 0 Å². The number of hydrogen-bond donors (Lipinski definition) is 3. The lowest BCUT2D eigenvalue weighted by atomic mass is 10.1. The molecule has 0 fully saturated rings. The predicted octanol–water partition coefficient (Wildman–Crippen LogP) is 2.51. The van der Waals surface area contributed by atoms with Crippen molar-refractivity contribution in [2.75, 3.05) is 6.54 Å². The second-order valence-corrected chi connectivity index (χ2v) is 3.48. The average molecular weight is 202 g/mol. The summed E-state index contributed by atoms with van der Waals surface area (Å²) in [6.07, 6.45) is 7.70. The molecule has 0 rings (SSSR count). The Morgan fingerprint density at radius 2 is 1.64 bits per heavy atom. The fourth-order valence-electron chi connectivity index (χ4n) is 1.31. The van der Waals surface area contributed by atoms with E-state index in [9.17, 15) is 4.79 Å². The van der Waals surface area contributed by atoms with Crippen molar-refractivity contribution in [3.05, 3.63) is 0 Å². The lowest BCUT2D eigenvalue weighted by Gasteiger charge is -2.03. The standard InChI is InChI=1S/C10H22N2O2/c1-2-3-4-5-6-7-8-9-11-12-10(13)14/h11-12H,2-9H2,1H3,(H,13,14). The van der Waals surface area contributed by atoms with Crippen LogP contribution in [0, 0.1) is 0 Å². The Morgan fingerprint density at radius 3 is 2.21 bits per heavy atom. The summed E-state index contributed by atoms with van der Waals surface area (Å²) in [6.45, 7) is 2.93. The molecule has 0 aromatic carbocycles. The highest BCUT2D eigenvalue weighted by Gasteiger charge is 1.92. The van der Waals surface area contributed by atoms with E-state index in [1.807, 2.05) is 0 Å². The van der Waals surface area contributed by atoms with E-state index in [0.717, 1.165) is 13.0 Å². The van der Waals surface area contributed by atoms with Crippen LogP contribution in [-0.2, 0) is 0 Å². The zero-order valence-corrected chi connectivity index (χ0v) is 9.01. The predicted molar refractivity (Wildman–Crippen MR) is 57.2 cm³/mol. The minimum atomic E-state index is -1.02. The van der Waals surface area contributed by atoms with Crippen molar-refractivity contribution in [1.82, 2.24) is 10.9 Å². The maximum absolute atomic E-state index is 10.0. The molecule has 0 saturated heterocycles. The van der Waals surface area contributed by atoms with Crippen molar-refractivity contribution in [1.29, 1.82) is 0 Å². The van der Waals surface area contributed by atoms with E-state index in [1.54, 1.807) is 0 Å². The molecule has 84 valence electrons. The number of hydrazine groups is 1. The molecule has 0 aliphatic carbocycles. The number of nitrogens with one attached hydrogen (secondary N) is 2. The van der Waals surface area contributed by atoms with E-state index in [4.69, 9.17) is 5.11 Å². The molecular weight excluding hydrogens is 180 g/mol. The van der Waals surface area contributed by atoms with E-state index < -0.39 is 6.09 Å². The molecule has 0 aliphatic heterocycles. The highest BCUT2D eigenvalue weighted by atomic mass is 16.4. The van der Waals surface area contributed by atoms with Gasteiger partial charge in [0.1, 0.15) is 0 Å².